The molecule has 0 saturated carbocycles. The van der Waals surface area contributed by atoms with E-state index in [0.29, 0.717) is 6.04 Å². The van der Waals surface area contributed by atoms with Crippen molar-refractivity contribution >= 4 is 16.9 Å². The number of H-pyrrole nitrogens is 1. The zero-order chi connectivity index (χ0) is 11.8. The molecule has 0 aliphatic heterocycles. The van der Waals surface area contributed by atoms with Gasteiger partial charge in [-0.05, 0) is 18.4 Å². The number of anilines is 1. The Bertz CT molecular complexity index is 481. The number of hydrogen-bond donors (Lipinski definition) is 2. The molecule has 0 spiro atoms. The van der Waals surface area contributed by atoms with Crippen molar-refractivity contribution in [2.75, 3.05) is 5.32 Å². The van der Waals surface area contributed by atoms with Gasteiger partial charge in [0.2, 0.25) is 0 Å². The lowest BCUT2D eigenvalue weighted by Crippen LogP contribution is -2.31. The minimum absolute atomic E-state index is 0.202. The lowest BCUT2D eigenvalue weighted by Gasteiger charge is -2.28. The quantitative estimate of drug-likeness (QED) is 0.815. The van der Waals surface area contributed by atoms with E-state index in [0.717, 1.165) is 16.9 Å². The number of rotatable bonds is 2. The Kier molecular flexibility index (Phi) is 2.58. The minimum Gasteiger partial charge on any atom is -0.366 e. The molecule has 0 saturated heterocycles. The summed E-state index contributed by atoms with van der Waals surface area (Å²) in [7, 11) is 0. The third-order valence-electron chi connectivity index (χ3n) is 3.01. The summed E-state index contributed by atoms with van der Waals surface area (Å²) >= 11 is 0. The summed E-state index contributed by atoms with van der Waals surface area (Å²) in [6.45, 7) is 8.79. The van der Waals surface area contributed by atoms with Crippen LogP contribution in [0.5, 0.6) is 0 Å². The molecule has 2 aromatic rings. The molecule has 16 heavy (non-hydrogen) atoms. The van der Waals surface area contributed by atoms with Gasteiger partial charge in [0.15, 0.2) is 0 Å². The van der Waals surface area contributed by atoms with E-state index < -0.39 is 0 Å². The second-order valence-electron chi connectivity index (χ2n) is 5.19. The summed E-state index contributed by atoms with van der Waals surface area (Å²) in [6.07, 6.45) is 3.46. The molecule has 86 valence electrons. The molecule has 2 aromatic heterocycles. The monoisotopic (exact) mass is 218 g/mol. The van der Waals surface area contributed by atoms with Crippen LogP contribution in [0.15, 0.2) is 18.6 Å². The molecule has 1 atom stereocenters. The van der Waals surface area contributed by atoms with Crippen LogP contribution in [0.25, 0.3) is 11.0 Å². The molecule has 0 bridgehead atoms. The molecule has 0 aliphatic carbocycles. The van der Waals surface area contributed by atoms with Crippen molar-refractivity contribution in [2.24, 2.45) is 5.41 Å². The molecule has 0 aromatic carbocycles. The minimum atomic E-state index is 0.202. The normalized spacial score (nSPS) is 14.0. The first kappa shape index (κ1) is 10.9. The molecule has 0 amide bonds. The van der Waals surface area contributed by atoms with E-state index in [4.69, 9.17) is 0 Å². The predicted octanol–water partition coefficient (Wildman–Crippen LogP) is 2.80. The average Bonchev–Trinajstić information content (AvgIpc) is 2.65. The van der Waals surface area contributed by atoms with Crippen molar-refractivity contribution in [3.8, 4) is 0 Å². The summed E-state index contributed by atoms with van der Waals surface area (Å²) in [5.41, 5.74) is 1.08. The molecule has 0 radical (unpaired) electrons. The number of nitrogens with zero attached hydrogens (tertiary/aromatic N) is 2. The summed E-state index contributed by atoms with van der Waals surface area (Å²) < 4.78 is 0. The van der Waals surface area contributed by atoms with Gasteiger partial charge in [-0.25, -0.2) is 9.97 Å². The van der Waals surface area contributed by atoms with E-state index in [2.05, 4.69) is 48.0 Å². The van der Waals surface area contributed by atoms with Crippen molar-refractivity contribution < 1.29 is 0 Å². The van der Waals surface area contributed by atoms with Crippen LogP contribution in [-0.4, -0.2) is 21.0 Å². The van der Waals surface area contributed by atoms with Gasteiger partial charge in [0.1, 0.15) is 17.8 Å². The SMILES string of the molecule is C[C@H](Nc1ncnc2[nH]ccc12)C(C)(C)C. The van der Waals surface area contributed by atoms with Gasteiger partial charge in [0.25, 0.3) is 0 Å². The van der Waals surface area contributed by atoms with Crippen LogP contribution < -0.4 is 5.32 Å². The van der Waals surface area contributed by atoms with Crippen LogP contribution >= 0.6 is 0 Å². The average molecular weight is 218 g/mol. The van der Waals surface area contributed by atoms with Crippen molar-refractivity contribution in [3.63, 3.8) is 0 Å². The van der Waals surface area contributed by atoms with Crippen molar-refractivity contribution in [1.29, 1.82) is 0 Å². The van der Waals surface area contributed by atoms with E-state index in [-0.39, 0.29) is 5.41 Å². The molecule has 0 aliphatic rings. The van der Waals surface area contributed by atoms with Gasteiger partial charge in [-0.2, -0.15) is 0 Å². The van der Waals surface area contributed by atoms with E-state index in [1.54, 1.807) is 6.33 Å². The Morgan fingerprint density at radius 2 is 2.06 bits per heavy atom. The van der Waals surface area contributed by atoms with Crippen LogP contribution in [-0.2, 0) is 0 Å². The van der Waals surface area contributed by atoms with Crippen molar-refractivity contribution in [2.45, 2.75) is 33.7 Å². The molecule has 0 unspecified atom stereocenters. The number of nitrogens with one attached hydrogen (secondary N) is 2. The molecule has 2 N–H and O–H groups in total. The summed E-state index contributed by atoms with van der Waals surface area (Å²) in [6, 6.07) is 2.34. The molecule has 2 heterocycles. The Labute approximate surface area is 95.5 Å². The smallest absolute Gasteiger partial charge is 0.142 e. The molecule has 4 heteroatoms. The van der Waals surface area contributed by atoms with Gasteiger partial charge in [-0.15, -0.1) is 0 Å². The van der Waals surface area contributed by atoms with Crippen molar-refractivity contribution in [3.05, 3.63) is 18.6 Å². The van der Waals surface area contributed by atoms with Crippen molar-refractivity contribution in [1.82, 2.24) is 15.0 Å². The summed E-state index contributed by atoms with van der Waals surface area (Å²) in [5, 5.41) is 4.48. The zero-order valence-electron chi connectivity index (χ0n) is 10.2. The van der Waals surface area contributed by atoms with Gasteiger partial charge in [0, 0.05) is 12.2 Å². The molecule has 0 fully saturated rings. The lowest BCUT2D eigenvalue weighted by atomic mass is 9.88. The second kappa shape index (κ2) is 3.77. The van der Waals surface area contributed by atoms with E-state index >= 15 is 0 Å². The number of aromatic amines is 1. The van der Waals surface area contributed by atoms with Crippen LogP contribution in [0.2, 0.25) is 0 Å². The summed E-state index contributed by atoms with van der Waals surface area (Å²) in [5.74, 6) is 0.897. The number of fused-ring (bicyclic) bond motifs is 1. The highest BCUT2D eigenvalue weighted by molar-refractivity contribution is 5.86. The van der Waals surface area contributed by atoms with Crippen LogP contribution in [0, 0.1) is 5.41 Å². The Morgan fingerprint density at radius 3 is 2.75 bits per heavy atom. The maximum absolute atomic E-state index is 4.29. The van der Waals surface area contributed by atoms with Gasteiger partial charge < -0.3 is 10.3 Å². The molecular formula is C12H18N4. The number of aromatic nitrogens is 3. The highest BCUT2D eigenvalue weighted by Crippen LogP contribution is 2.25. The van der Waals surface area contributed by atoms with E-state index in [1.165, 1.54) is 0 Å². The van der Waals surface area contributed by atoms with E-state index in [1.807, 2.05) is 12.3 Å². The molecule has 2 rings (SSSR count). The maximum atomic E-state index is 4.29. The largest absolute Gasteiger partial charge is 0.366 e. The van der Waals surface area contributed by atoms with Crippen LogP contribution in [0.1, 0.15) is 27.7 Å². The first-order chi connectivity index (χ1) is 7.48. The third-order valence-corrected chi connectivity index (χ3v) is 3.01. The van der Waals surface area contributed by atoms with E-state index in [9.17, 15) is 0 Å². The van der Waals surface area contributed by atoms with Crippen LogP contribution in [0.3, 0.4) is 0 Å². The van der Waals surface area contributed by atoms with Gasteiger partial charge in [-0.1, -0.05) is 20.8 Å². The fraction of sp³-hybridized carbons (Fsp3) is 0.500. The van der Waals surface area contributed by atoms with Gasteiger partial charge >= 0.3 is 0 Å². The Morgan fingerprint density at radius 1 is 1.31 bits per heavy atom. The predicted molar refractivity (Wildman–Crippen MR) is 66.4 cm³/mol. The summed E-state index contributed by atoms with van der Waals surface area (Å²) in [4.78, 5) is 11.5. The third kappa shape index (κ3) is 2.01. The Balaban J connectivity index is 2.31. The topological polar surface area (TPSA) is 53.6 Å². The molecular weight excluding hydrogens is 200 g/mol. The Hall–Kier alpha value is -1.58. The number of hydrogen-bond acceptors (Lipinski definition) is 3. The first-order valence-electron chi connectivity index (χ1n) is 5.53. The first-order valence-corrected chi connectivity index (χ1v) is 5.53. The van der Waals surface area contributed by atoms with Gasteiger partial charge in [-0.3, -0.25) is 0 Å². The lowest BCUT2D eigenvalue weighted by molar-refractivity contribution is 0.359. The van der Waals surface area contributed by atoms with Crippen LogP contribution in [0.4, 0.5) is 5.82 Å². The molecule has 4 nitrogen and oxygen atoms in total. The fourth-order valence-electron chi connectivity index (χ4n) is 1.41. The highest BCUT2D eigenvalue weighted by atomic mass is 15.1. The maximum Gasteiger partial charge on any atom is 0.142 e. The standard InChI is InChI=1S/C12H18N4/c1-8(12(2,3)4)16-11-9-5-6-13-10(9)14-7-15-11/h5-8H,1-4H3,(H2,13,14,15,16)/t8-/m0/s1. The zero-order valence-corrected chi connectivity index (χ0v) is 10.2. The highest BCUT2D eigenvalue weighted by Gasteiger charge is 2.20. The van der Waals surface area contributed by atoms with Gasteiger partial charge in [0.05, 0.1) is 5.39 Å². The second-order valence-corrected chi connectivity index (χ2v) is 5.19. The fourth-order valence-corrected chi connectivity index (χ4v) is 1.41.